The Morgan fingerprint density at radius 3 is 2.59 bits per heavy atom. The van der Waals surface area contributed by atoms with Gasteiger partial charge in [-0.2, -0.15) is 5.10 Å². The molecule has 1 aliphatic carbocycles. The summed E-state index contributed by atoms with van der Waals surface area (Å²) in [4.78, 5) is 0. The summed E-state index contributed by atoms with van der Waals surface area (Å²) in [5.74, 6) is 1.48. The Morgan fingerprint density at radius 2 is 2.00 bits per heavy atom. The molecule has 0 saturated heterocycles. The largest absolute Gasteiger partial charge is 0.330 e. The normalized spacial score (nSPS) is 25.8. The number of aromatic nitrogens is 2. The van der Waals surface area contributed by atoms with Gasteiger partial charge in [0.25, 0.3) is 0 Å². The summed E-state index contributed by atoms with van der Waals surface area (Å²) in [5, 5.41) is 4.44. The number of rotatable bonds is 3. The first-order chi connectivity index (χ1) is 8.20. The van der Waals surface area contributed by atoms with Gasteiger partial charge in [0.1, 0.15) is 0 Å². The van der Waals surface area contributed by atoms with Crippen LogP contribution in [0.5, 0.6) is 0 Å². The summed E-state index contributed by atoms with van der Waals surface area (Å²) in [6.45, 7) is 2.92. The summed E-state index contributed by atoms with van der Waals surface area (Å²) in [6.07, 6.45) is 7.93. The maximum absolute atomic E-state index is 5.94. The van der Waals surface area contributed by atoms with Crippen molar-refractivity contribution in [3.05, 3.63) is 17.5 Å². The van der Waals surface area contributed by atoms with Crippen LogP contribution < -0.4 is 5.73 Å². The van der Waals surface area contributed by atoms with E-state index < -0.39 is 0 Å². The van der Waals surface area contributed by atoms with Gasteiger partial charge in [0.2, 0.25) is 0 Å². The van der Waals surface area contributed by atoms with Gasteiger partial charge >= 0.3 is 0 Å². The molecule has 1 heterocycles. The van der Waals surface area contributed by atoms with E-state index in [2.05, 4.69) is 25.1 Å². The van der Waals surface area contributed by atoms with Crippen LogP contribution in [-0.2, 0) is 13.5 Å². The number of nitrogens with two attached hydrogens (primary N) is 1. The van der Waals surface area contributed by atoms with Gasteiger partial charge in [-0.1, -0.05) is 19.3 Å². The smallest absolute Gasteiger partial charge is 0.0596 e. The van der Waals surface area contributed by atoms with Crippen molar-refractivity contribution < 1.29 is 0 Å². The number of nitrogens with zero attached hydrogens (tertiary/aromatic N) is 2. The fraction of sp³-hybridized carbons (Fsp3) is 0.786. The zero-order valence-corrected chi connectivity index (χ0v) is 11.2. The molecular weight excluding hydrogens is 210 g/mol. The molecule has 2 atom stereocenters. The lowest BCUT2D eigenvalue weighted by Crippen LogP contribution is -2.24. The number of hydrogen-bond acceptors (Lipinski definition) is 2. The van der Waals surface area contributed by atoms with E-state index in [1.54, 1.807) is 0 Å². The SMILES string of the molecule is Cc1cc(CC2CCCCCC2CN)n(C)n1. The van der Waals surface area contributed by atoms with E-state index in [-0.39, 0.29) is 0 Å². The van der Waals surface area contributed by atoms with Crippen molar-refractivity contribution in [2.45, 2.75) is 45.4 Å². The van der Waals surface area contributed by atoms with Crippen LogP contribution in [0.15, 0.2) is 6.07 Å². The predicted molar refractivity (Wildman–Crippen MR) is 70.8 cm³/mol. The first kappa shape index (κ1) is 12.6. The first-order valence-electron chi connectivity index (χ1n) is 6.90. The third-order valence-corrected chi connectivity index (χ3v) is 4.19. The Labute approximate surface area is 104 Å². The van der Waals surface area contributed by atoms with E-state index in [9.17, 15) is 0 Å². The van der Waals surface area contributed by atoms with E-state index in [1.165, 1.54) is 37.8 Å². The van der Waals surface area contributed by atoms with Gasteiger partial charge in [-0.15, -0.1) is 0 Å². The standard InChI is InChI=1S/C14H25N3/c1-11-8-14(17(2)16-11)9-12-6-4-3-5-7-13(12)10-15/h8,12-13H,3-7,9-10,15H2,1-2H3. The van der Waals surface area contributed by atoms with Crippen molar-refractivity contribution in [1.82, 2.24) is 9.78 Å². The molecule has 1 saturated carbocycles. The van der Waals surface area contributed by atoms with Crippen LogP contribution in [0, 0.1) is 18.8 Å². The number of hydrogen-bond donors (Lipinski definition) is 1. The van der Waals surface area contributed by atoms with Gasteiger partial charge in [0.05, 0.1) is 5.69 Å². The van der Waals surface area contributed by atoms with E-state index in [1.807, 2.05) is 4.68 Å². The van der Waals surface area contributed by atoms with Gasteiger partial charge < -0.3 is 5.73 Å². The highest BCUT2D eigenvalue weighted by atomic mass is 15.3. The fourth-order valence-electron chi connectivity index (χ4n) is 3.16. The monoisotopic (exact) mass is 235 g/mol. The molecule has 0 spiro atoms. The van der Waals surface area contributed by atoms with E-state index in [4.69, 9.17) is 5.73 Å². The molecule has 1 fully saturated rings. The molecule has 0 aliphatic heterocycles. The zero-order chi connectivity index (χ0) is 12.3. The summed E-state index contributed by atoms with van der Waals surface area (Å²) in [7, 11) is 2.05. The van der Waals surface area contributed by atoms with Gasteiger partial charge in [0.15, 0.2) is 0 Å². The molecule has 0 amide bonds. The van der Waals surface area contributed by atoms with Gasteiger partial charge in [-0.25, -0.2) is 0 Å². The Balaban J connectivity index is 2.06. The second kappa shape index (κ2) is 5.67. The van der Waals surface area contributed by atoms with Crippen LogP contribution in [0.1, 0.15) is 43.5 Å². The average molecular weight is 235 g/mol. The summed E-state index contributed by atoms with van der Waals surface area (Å²) in [6, 6.07) is 2.22. The number of aryl methyl sites for hydroxylation is 2. The van der Waals surface area contributed by atoms with Crippen molar-refractivity contribution in [3.8, 4) is 0 Å². The summed E-state index contributed by atoms with van der Waals surface area (Å²) >= 11 is 0. The van der Waals surface area contributed by atoms with Crippen LogP contribution in [-0.4, -0.2) is 16.3 Å². The Bertz CT molecular complexity index is 356. The molecule has 0 bridgehead atoms. The fourth-order valence-corrected chi connectivity index (χ4v) is 3.16. The van der Waals surface area contributed by atoms with E-state index in [0.717, 1.165) is 24.6 Å². The minimum atomic E-state index is 0.715. The molecule has 1 aromatic rings. The highest BCUT2D eigenvalue weighted by molar-refractivity contribution is 5.09. The van der Waals surface area contributed by atoms with Crippen molar-refractivity contribution in [1.29, 1.82) is 0 Å². The molecule has 2 rings (SSSR count). The second-order valence-electron chi connectivity index (χ2n) is 5.50. The lowest BCUT2D eigenvalue weighted by Gasteiger charge is -2.23. The summed E-state index contributed by atoms with van der Waals surface area (Å²) < 4.78 is 2.04. The molecule has 2 unspecified atom stereocenters. The molecule has 3 nitrogen and oxygen atoms in total. The molecule has 2 N–H and O–H groups in total. The first-order valence-corrected chi connectivity index (χ1v) is 6.90. The van der Waals surface area contributed by atoms with Crippen molar-refractivity contribution >= 4 is 0 Å². The predicted octanol–water partition coefficient (Wildman–Crippen LogP) is 2.43. The molecule has 0 aromatic carbocycles. The molecule has 3 heteroatoms. The quantitative estimate of drug-likeness (QED) is 0.818. The zero-order valence-electron chi connectivity index (χ0n) is 11.2. The molecule has 1 aliphatic rings. The second-order valence-corrected chi connectivity index (χ2v) is 5.50. The topological polar surface area (TPSA) is 43.8 Å². The van der Waals surface area contributed by atoms with Gasteiger partial charge in [0, 0.05) is 12.7 Å². The minimum Gasteiger partial charge on any atom is -0.330 e. The van der Waals surface area contributed by atoms with Crippen molar-refractivity contribution in [2.75, 3.05) is 6.54 Å². The Hall–Kier alpha value is -0.830. The minimum absolute atomic E-state index is 0.715. The maximum atomic E-state index is 5.94. The average Bonchev–Trinajstić information content (AvgIpc) is 2.52. The third-order valence-electron chi connectivity index (χ3n) is 4.19. The van der Waals surface area contributed by atoms with Crippen LogP contribution in [0.2, 0.25) is 0 Å². The van der Waals surface area contributed by atoms with Gasteiger partial charge in [-0.05, 0) is 50.6 Å². The van der Waals surface area contributed by atoms with Crippen molar-refractivity contribution in [2.24, 2.45) is 24.6 Å². The molecule has 96 valence electrons. The Kier molecular flexibility index (Phi) is 4.21. The lowest BCUT2D eigenvalue weighted by molar-refractivity contribution is 0.313. The van der Waals surface area contributed by atoms with Crippen molar-refractivity contribution in [3.63, 3.8) is 0 Å². The highest BCUT2D eigenvalue weighted by Gasteiger charge is 2.23. The van der Waals surface area contributed by atoms with E-state index in [0.29, 0.717) is 5.92 Å². The van der Waals surface area contributed by atoms with E-state index >= 15 is 0 Å². The molecule has 1 aromatic heterocycles. The Morgan fingerprint density at radius 1 is 1.29 bits per heavy atom. The van der Waals surface area contributed by atoms with Gasteiger partial charge in [-0.3, -0.25) is 4.68 Å². The van der Waals surface area contributed by atoms with Crippen LogP contribution >= 0.6 is 0 Å². The molecule has 17 heavy (non-hydrogen) atoms. The molecular formula is C14H25N3. The molecule has 0 radical (unpaired) electrons. The van der Waals surface area contributed by atoms with Crippen LogP contribution in [0.4, 0.5) is 0 Å². The lowest BCUT2D eigenvalue weighted by atomic mass is 9.84. The van der Waals surface area contributed by atoms with Crippen LogP contribution in [0.3, 0.4) is 0 Å². The summed E-state index contributed by atoms with van der Waals surface area (Å²) in [5.41, 5.74) is 8.43. The van der Waals surface area contributed by atoms with Crippen LogP contribution in [0.25, 0.3) is 0 Å². The highest BCUT2D eigenvalue weighted by Crippen LogP contribution is 2.30. The maximum Gasteiger partial charge on any atom is 0.0596 e. The third kappa shape index (κ3) is 3.09.